The van der Waals surface area contributed by atoms with Gasteiger partial charge >= 0.3 is 5.69 Å². The first-order valence-electron chi connectivity index (χ1n) is 8.77. The number of rotatable bonds is 4. The zero-order chi connectivity index (χ0) is 22.0. The number of amides is 2. The van der Waals surface area contributed by atoms with Crippen LogP contribution in [0.4, 0.5) is 4.39 Å². The second-order valence-corrected chi connectivity index (χ2v) is 6.46. The van der Waals surface area contributed by atoms with Gasteiger partial charge in [-0.25, -0.2) is 14.2 Å². The molecule has 30 heavy (non-hydrogen) atoms. The Bertz CT molecular complexity index is 1250. The zero-order valence-electron chi connectivity index (χ0n) is 16.3. The van der Waals surface area contributed by atoms with Crippen molar-refractivity contribution in [3.63, 3.8) is 0 Å². The van der Waals surface area contributed by atoms with Crippen LogP contribution in [0.2, 0.25) is 0 Å². The lowest BCUT2D eigenvalue weighted by atomic mass is 10.2. The van der Waals surface area contributed by atoms with E-state index in [0.29, 0.717) is 0 Å². The Balaban J connectivity index is 1.70. The molecule has 0 saturated heterocycles. The molecule has 1 aromatic carbocycles. The van der Waals surface area contributed by atoms with Crippen molar-refractivity contribution in [3.05, 3.63) is 68.7 Å². The van der Waals surface area contributed by atoms with Gasteiger partial charge in [0.05, 0.1) is 10.9 Å². The Labute approximate surface area is 168 Å². The van der Waals surface area contributed by atoms with E-state index in [-0.39, 0.29) is 22.3 Å². The number of carbonyl (C=O) groups excluding carboxylic acids is 2. The van der Waals surface area contributed by atoms with Crippen LogP contribution >= 0.6 is 0 Å². The smallest absolute Gasteiger partial charge is 0.332 e. The fraction of sp³-hybridized carbons (Fsp3) is 0.211. The first-order chi connectivity index (χ1) is 14.2. The molecule has 2 N–H and O–H groups in total. The molecule has 2 aromatic heterocycles. The number of nitrogens with one attached hydrogen (secondary N) is 2. The molecule has 0 unspecified atom stereocenters. The Morgan fingerprint density at radius 2 is 1.77 bits per heavy atom. The van der Waals surface area contributed by atoms with Gasteiger partial charge in [-0.3, -0.25) is 34.4 Å². The van der Waals surface area contributed by atoms with Crippen molar-refractivity contribution in [2.45, 2.75) is 13.0 Å². The number of hydrazine groups is 1. The van der Waals surface area contributed by atoms with Gasteiger partial charge in [0.1, 0.15) is 17.2 Å². The third-order valence-corrected chi connectivity index (χ3v) is 4.35. The number of fused-ring (bicyclic) bond motifs is 1. The van der Waals surface area contributed by atoms with Crippen molar-refractivity contribution in [2.75, 3.05) is 0 Å². The molecule has 0 saturated carbocycles. The van der Waals surface area contributed by atoms with Gasteiger partial charge in [0.15, 0.2) is 6.10 Å². The third kappa shape index (κ3) is 4.04. The number of carbonyl (C=O) groups is 2. The van der Waals surface area contributed by atoms with Crippen molar-refractivity contribution in [2.24, 2.45) is 14.1 Å². The maximum Gasteiger partial charge on any atom is 0.332 e. The highest BCUT2D eigenvalue weighted by atomic mass is 19.1. The molecule has 3 aromatic rings. The average Bonchev–Trinajstić information content (AvgIpc) is 2.75. The first kappa shape index (κ1) is 20.7. The fourth-order valence-electron chi connectivity index (χ4n) is 2.65. The maximum atomic E-state index is 12.9. The molecule has 0 aliphatic carbocycles. The number of ether oxygens (including phenoxy) is 1. The lowest BCUT2D eigenvalue weighted by Gasteiger charge is -2.15. The van der Waals surface area contributed by atoms with Crippen LogP contribution < -0.4 is 26.8 Å². The Hall–Kier alpha value is -4.02. The molecule has 0 spiro atoms. The highest BCUT2D eigenvalue weighted by Crippen LogP contribution is 2.13. The molecular formula is C19H18FN5O5. The summed E-state index contributed by atoms with van der Waals surface area (Å²) in [6.07, 6.45) is 0.202. The SMILES string of the molecule is C[C@@H](Oc1ccc(F)cc1)C(=O)NNC(=O)c1cnc2c(c1)c(=O)n(C)c(=O)n2C. The van der Waals surface area contributed by atoms with E-state index < -0.39 is 35.0 Å². The average molecular weight is 415 g/mol. The van der Waals surface area contributed by atoms with E-state index in [1.54, 1.807) is 0 Å². The van der Waals surface area contributed by atoms with Crippen LogP contribution in [-0.2, 0) is 18.9 Å². The number of aromatic nitrogens is 3. The predicted molar refractivity (Wildman–Crippen MR) is 104 cm³/mol. The molecule has 0 radical (unpaired) electrons. The summed E-state index contributed by atoms with van der Waals surface area (Å²) in [6, 6.07) is 6.39. The predicted octanol–water partition coefficient (Wildman–Crippen LogP) is -0.000200. The minimum Gasteiger partial charge on any atom is -0.481 e. The van der Waals surface area contributed by atoms with Crippen LogP contribution in [0.25, 0.3) is 11.0 Å². The maximum absolute atomic E-state index is 12.9. The van der Waals surface area contributed by atoms with Crippen LogP contribution in [0.5, 0.6) is 5.75 Å². The van der Waals surface area contributed by atoms with Gasteiger partial charge in [0.2, 0.25) is 0 Å². The quantitative estimate of drug-likeness (QED) is 0.578. The van der Waals surface area contributed by atoms with Crippen molar-refractivity contribution in [1.29, 1.82) is 0 Å². The third-order valence-electron chi connectivity index (χ3n) is 4.35. The summed E-state index contributed by atoms with van der Waals surface area (Å²) < 4.78 is 20.4. The lowest BCUT2D eigenvalue weighted by molar-refractivity contribution is -0.128. The van der Waals surface area contributed by atoms with Gasteiger partial charge in [-0.2, -0.15) is 0 Å². The molecule has 11 heteroatoms. The standard InChI is InChI=1S/C19H18FN5O5/c1-10(30-13-6-4-12(20)5-7-13)16(26)22-23-17(27)11-8-14-15(21-9-11)24(2)19(29)25(3)18(14)28/h4-10H,1-3H3,(H,22,26)(H,23,27)/t10-/m1/s1. The van der Waals surface area contributed by atoms with Gasteiger partial charge in [0, 0.05) is 20.3 Å². The van der Waals surface area contributed by atoms with E-state index in [1.165, 1.54) is 62.1 Å². The number of aryl methyl sites for hydroxylation is 1. The van der Waals surface area contributed by atoms with Crippen molar-refractivity contribution in [1.82, 2.24) is 25.0 Å². The minimum absolute atomic E-state index is 0.00524. The molecule has 156 valence electrons. The number of pyridine rings is 1. The van der Waals surface area contributed by atoms with Gasteiger partial charge in [-0.15, -0.1) is 0 Å². The van der Waals surface area contributed by atoms with E-state index in [4.69, 9.17) is 4.74 Å². The largest absolute Gasteiger partial charge is 0.481 e. The molecular weight excluding hydrogens is 397 g/mol. The molecule has 1 atom stereocenters. The first-order valence-corrected chi connectivity index (χ1v) is 8.77. The topological polar surface area (TPSA) is 124 Å². The summed E-state index contributed by atoms with van der Waals surface area (Å²) in [4.78, 5) is 52.7. The second kappa shape index (κ2) is 8.15. The molecule has 0 aliphatic rings. The van der Waals surface area contributed by atoms with E-state index >= 15 is 0 Å². The van der Waals surface area contributed by atoms with E-state index in [2.05, 4.69) is 15.8 Å². The Morgan fingerprint density at radius 1 is 1.10 bits per heavy atom. The van der Waals surface area contributed by atoms with E-state index in [9.17, 15) is 23.6 Å². The number of benzene rings is 1. The number of hydrogen-bond acceptors (Lipinski definition) is 6. The molecule has 3 rings (SSSR count). The van der Waals surface area contributed by atoms with Crippen LogP contribution in [0.3, 0.4) is 0 Å². The zero-order valence-corrected chi connectivity index (χ0v) is 16.3. The van der Waals surface area contributed by atoms with Gasteiger partial charge < -0.3 is 4.74 Å². The minimum atomic E-state index is -0.979. The van der Waals surface area contributed by atoms with Crippen LogP contribution in [-0.4, -0.2) is 32.0 Å². The van der Waals surface area contributed by atoms with E-state index in [0.717, 1.165) is 4.57 Å². The summed E-state index contributed by atoms with van der Waals surface area (Å²) in [5.41, 5.74) is 3.40. The van der Waals surface area contributed by atoms with Gasteiger partial charge in [-0.1, -0.05) is 0 Å². The number of hydrogen-bond donors (Lipinski definition) is 2. The van der Waals surface area contributed by atoms with Crippen molar-refractivity contribution >= 4 is 22.8 Å². The Morgan fingerprint density at radius 3 is 2.43 bits per heavy atom. The van der Waals surface area contributed by atoms with Gasteiger partial charge in [-0.05, 0) is 37.3 Å². The number of halogens is 1. The summed E-state index contributed by atoms with van der Waals surface area (Å²) in [7, 11) is 2.78. The molecule has 0 fully saturated rings. The second-order valence-electron chi connectivity index (χ2n) is 6.46. The van der Waals surface area contributed by atoms with Crippen LogP contribution in [0, 0.1) is 5.82 Å². The Kier molecular flexibility index (Phi) is 5.63. The highest BCUT2D eigenvalue weighted by Gasteiger charge is 2.17. The van der Waals surface area contributed by atoms with Gasteiger partial charge in [0.25, 0.3) is 17.4 Å². The summed E-state index contributed by atoms with van der Waals surface area (Å²) in [5.74, 6) is -1.53. The summed E-state index contributed by atoms with van der Waals surface area (Å²) >= 11 is 0. The normalized spacial score (nSPS) is 11.7. The van der Waals surface area contributed by atoms with Crippen molar-refractivity contribution < 1.29 is 18.7 Å². The van der Waals surface area contributed by atoms with Crippen LogP contribution in [0.15, 0.2) is 46.1 Å². The molecule has 2 heterocycles. The molecule has 0 bridgehead atoms. The monoisotopic (exact) mass is 415 g/mol. The number of nitrogens with zero attached hydrogens (tertiary/aromatic N) is 3. The highest BCUT2D eigenvalue weighted by molar-refractivity contribution is 5.97. The lowest BCUT2D eigenvalue weighted by Crippen LogP contribution is -2.47. The van der Waals surface area contributed by atoms with Crippen LogP contribution in [0.1, 0.15) is 17.3 Å². The molecule has 2 amide bonds. The fourth-order valence-corrected chi connectivity index (χ4v) is 2.65. The van der Waals surface area contributed by atoms with Crippen molar-refractivity contribution in [3.8, 4) is 5.75 Å². The summed E-state index contributed by atoms with van der Waals surface area (Å²) in [5, 5.41) is 0.0755. The molecule has 10 nitrogen and oxygen atoms in total. The summed E-state index contributed by atoms with van der Waals surface area (Å²) in [6.45, 7) is 1.45. The van der Waals surface area contributed by atoms with E-state index in [1.807, 2.05) is 0 Å². The molecule has 0 aliphatic heterocycles.